The predicted molar refractivity (Wildman–Crippen MR) is 90.0 cm³/mol. The third kappa shape index (κ3) is 7.85. The van der Waals surface area contributed by atoms with Gasteiger partial charge in [-0.25, -0.2) is 0 Å². The first-order chi connectivity index (χ1) is 10.7. The number of nitrogens with one attached hydrogen (secondary N) is 2. The first-order valence-electron chi connectivity index (χ1n) is 7.47. The van der Waals surface area contributed by atoms with E-state index < -0.39 is 0 Å². The van der Waals surface area contributed by atoms with Gasteiger partial charge in [-0.2, -0.15) is 0 Å². The third-order valence-electron chi connectivity index (χ3n) is 3.36. The first-order valence-corrected chi connectivity index (χ1v) is 7.47. The first kappa shape index (κ1) is 19.3. The predicted octanol–water partition coefficient (Wildman–Crippen LogP) is 1.99. The standard InChI is InChI=1S/C16H22N2O4.ClH/c1-21-16(20)8-9-22-14-6-4-13(5-7-14)18-15(19)11-17-10-12-2-3-12;/h4-7,12,17H,2-3,8-11H2,1H3,(H,18,19);1H. The maximum atomic E-state index is 11.7. The van der Waals surface area contributed by atoms with E-state index >= 15 is 0 Å². The van der Waals surface area contributed by atoms with Gasteiger partial charge in [-0.1, -0.05) is 0 Å². The number of anilines is 1. The summed E-state index contributed by atoms with van der Waals surface area (Å²) in [6.07, 6.45) is 2.75. The average molecular weight is 343 g/mol. The molecule has 6 nitrogen and oxygen atoms in total. The van der Waals surface area contributed by atoms with Crippen molar-refractivity contribution in [3.8, 4) is 5.75 Å². The molecule has 0 aromatic heterocycles. The second-order valence-electron chi connectivity index (χ2n) is 5.32. The van der Waals surface area contributed by atoms with E-state index in [1.165, 1.54) is 20.0 Å². The number of carbonyl (C=O) groups excluding carboxylic acids is 2. The maximum Gasteiger partial charge on any atom is 0.308 e. The summed E-state index contributed by atoms with van der Waals surface area (Å²) in [6, 6.07) is 7.05. The molecule has 0 radical (unpaired) electrons. The molecule has 1 aromatic rings. The van der Waals surface area contributed by atoms with E-state index in [0.717, 1.165) is 18.2 Å². The number of hydrogen-bond donors (Lipinski definition) is 2. The van der Waals surface area contributed by atoms with Crippen molar-refractivity contribution in [1.82, 2.24) is 5.32 Å². The molecule has 1 aliphatic rings. The topological polar surface area (TPSA) is 76.7 Å². The molecular weight excluding hydrogens is 320 g/mol. The van der Waals surface area contributed by atoms with Gasteiger partial charge >= 0.3 is 5.97 Å². The minimum atomic E-state index is -0.303. The van der Waals surface area contributed by atoms with Crippen molar-refractivity contribution in [2.24, 2.45) is 5.92 Å². The molecule has 1 saturated carbocycles. The molecule has 0 atom stereocenters. The lowest BCUT2D eigenvalue weighted by Crippen LogP contribution is -2.29. The van der Waals surface area contributed by atoms with Crippen LogP contribution < -0.4 is 15.4 Å². The Morgan fingerprint density at radius 1 is 1.22 bits per heavy atom. The Morgan fingerprint density at radius 3 is 2.52 bits per heavy atom. The quantitative estimate of drug-likeness (QED) is 0.671. The van der Waals surface area contributed by atoms with Gasteiger partial charge in [0.15, 0.2) is 0 Å². The molecule has 1 amide bonds. The SMILES string of the molecule is COC(=O)CCOc1ccc(NC(=O)CNCC2CC2)cc1.Cl. The van der Waals surface area contributed by atoms with Gasteiger partial charge in [-0.15, -0.1) is 12.4 Å². The summed E-state index contributed by atoms with van der Waals surface area (Å²) in [5.74, 6) is 1.05. The summed E-state index contributed by atoms with van der Waals surface area (Å²) >= 11 is 0. The molecule has 0 heterocycles. The van der Waals surface area contributed by atoms with Gasteiger partial charge in [0, 0.05) is 5.69 Å². The number of ether oxygens (including phenoxy) is 2. The molecule has 2 rings (SSSR count). The average Bonchev–Trinajstić information content (AvgIpc) is 3.33. The molecule has 128 valence electrons. The van der Waals surface area contributed by atoms with Crippen LogP contribution in [0.15, 0.2) is 24.3 Å². The Labute approximate surface area is 142 Å². The van der Waals surface area contributed by atoms with E-state index in [9.17, 15) is 9.59 Å². The summed E-state index contributed by atoms with van der Waals surface area (Å²) < 4.78 is 9.94. The van der Waals surface area contributed by atoms with Gasteiger partial charge in [-0.3, -0.25) is 9.59 Å². The van der Waals surface area contributed by atoms with Gasteiger partial charge < -0.3 is 20.1 Å². The van der Waals surface area contributed by atoms with E-state index in [-0.39, 0.29) is 37.3 Å². The van der Waals surface area contributed by atoms with Crippen LogP contribution in [-0.2, 0) is 14.3 Å². The molecule has 1 aliphatic carbocycles. The molecule has 0 bridgehead atoms. The number of carbonyl (C=O) groups is 2. The van der Waals surface area contributed by atoms with Gasteiger partial charge in [0.2, 0.25) is 5.91 Å². The second-order valence-corrected chi connectivity index (χ2v) is 5.32. The fraction of sp³-hybridized carbons (Fsp3) is 0.500. The number of amides is 1. The molecular formula is C16H23ClN2O4. The summed E-state index contributed by atoms with van der Waals surface area (Å²) in [6.45, 7) is 1.51. The second kappa shape index (κ2) is 10.1. The number of rotatable bonds is 9. The van der Waals surface area contributed by atoms with Crippen molar-refractivity contribution in [2.75, 3.05) is 32.1 Å². The van der Waals surface area contributed by atoms with E-state index in [0.29, 0.717) is 12.3 Å². The molecule has 23 heavy (non-hydrogen) atoms. The van der Waals surface area contributed by atoms with Crippen LogP contribution in [0.2, 0.25) is 0 Å². The Hall–Kier alpha value is -1.79. The highest BCUT2D eigenvalue weighted by atomic mass is 35.5. The lowest BCUT2D eigenvalue weighted by Gasteiger charge is -2.08. The van der Waals surface area contributed by atoms with Crippen LogP contribution in [0.5, 0.6) is 5.75 Å². The van der Waals surface area contributed by atoms with Gasteiger partial charge in [0.25, 0.3) is 0 Å². The summed E-state index contributed by atoms with van der Waals surface area (Å²) in [5, 5.41) is 5.96. The minimum absolute atomic E-state index is 0. The Balaban J connectivity index is 0.00000264. The number of benzene rings is 1. The largest absolute Gasteiger partial charge is 0.493 e. The Morgan fingerprint density at radius 2 is 1.91 bits per heavy atom. The molecule has 2 N–H and O–H groups in total. The Bertz CT molecular complexity index is 503. The van der Waals surface area contributed by atoms with Crippen molar-refractivity contribution < 1.29 is 19.1 Å². The molecule has 7 heteroatoms. The van der Waals surface area contributed by atoms with Crippen LogP contribution in [-0.4, -0.2) is 38.7 Å². The van der Waals surface area contributed by atoms with Crippen LogP contribution in [0.4, 0.5) is 5.69 Å². The zero-order chi connectivity index (χ0) is 15.8. The molecule has 0 spiro atoms. The number of halogens is 1. The van der Waals surface area contributed by atoms with Crippen LogP contribution in [0.3, 0.4) is 0 Å². The van der Waals surface area contributed by atoms with Crippen LogP contribution >= 0.6 is 12.4 Å². The fourth-order valence-electron chi connectivity index (χ4n) is 1.91. The van der Waals surface area contributed by atoms with E-state index in [1.807, 2.05) is 0 Å². The molecule has 1 fully saturated rings. The fourth-order valence-corrected chi connectivity index (χ4v) is 1.91. The molecule has 0 aliphatic heterocycles. The van der Waals surface area contributed by atoms with Crippen LogP contribution in [0.25, 0.3) is 0 Å². The van der Waals surface area contributed by atoms with Crippen LogP contribution in [0.1, 0.15) is 19.3 Å². The minimum Gasteiger partial charge on any atom is -0.493 e. The maximum absolute atomic E-state index is 11.7. The zero-order valence-electron chi connectivity index (χ0n) is 13.2. The summed E-state index contributed by atoms with van der Waals surface area (Å²) in [5.41, 5.74) is 0.721. The normalized spacial score (nSPS) is 12.9. The molecule has 1 aromatic carbocycles. The highest BCUT2D eigenvalue weighted by Gasteiger charge is 2.20. The zero-order valence-corrected chi connectivity index (χ0v) is 14.0. The van der Waals surface area contributed by atoms with Crippen molar-refractivity contribution >= 4 is 30.0 Å². The van der Waals surface area contributed by atoms with Gasteiger partial charge in [0.05, 0.1) is 26.7 Å². The van der Waals surface area contributed by atoms with Crippen molar-refractivity contribution in [3.63, 3.8) is 0 Å². The van der Waals surface area contributed by atoms with E-state index in [4.69, 9.17) is 4.74 Å². The Kier molecular flexibility index (Phi) is 8.43. The lowest BCUT2D eigenvalue weighted by molar-refractivity contribution is -0.141. The lowest BCUT2D eigenvalue weighted by atomic mass is 10.3. The highest BCUT2D eigenvalue weighted by molar-refractivity contribution is 5.92. The van der Waals surface area contributed by atoms with Crippen molar-refractivity contribution in [1.29, 1.82) is 0 Å². The van der Waals surface area contributed by atoms with E-state index in [2.05, 4.69) is 15.4 Å². The number of hydrogen-bond acceptors (Lipinski definition) is 5. The third-order valence-corrected chi connectivity index (χ3v) is 3.36. The molecule has 0 unspecified atom stereocenters. The van der Waals surface area contributed by atoms with Crippen LogP contribution in [0, 0.1) is 5.92 Å². The smallest absolute Gasteiger partial charge is 0.308 e. The number of methoxy groups -OCH3 is 1. The van der Waals surface area contributed by atoms with E-state index in [1.54, 1.807) is 24.3 Å². The highest BCUT2D eigenvalue weighted by Crippen LogP contribution is 2.27. The summed E-state index contributed by atoms with van der Waals surface area (Å²) in [7, 11) is 1.35. The van der Waals surface area contributed by atoms with Crippen molar-refractivity contribution in [2.45, 2.75) is 19.3 Å². The van der Waals surface area contributed by atoms with Gasteiger partial charge in [0.1, 0.15) is 5.75 Å². The molecule has 0 saturated heterocycles. The monoisotopic (exact) mass is 342 g/mol. The van der Waals surface area contributed by atoms with Gasteiger partial charge in [-0.05, 0) is 49.6 Å². The number of esters is 1. The summed E-state index contributed by atoms with van der Waals surface area (Å²) in [4.78, 5) is 22.7. The van der Waals surface area contributed by atoms with Crippen molar-refractivity contribution in [3.05, 3.63) is 24.3 Å².